The zero-order chi connectivity index (χ0) is 10.9. The molecular weight excluding hydrogens is 196 g/mol. The summed E-state index contributed by atoms with van der Waals surface area (Å²) in [6.07, 6.45) is 2.96. The molecular formula is C10H16N2O3. The van der Waals surface area contributed by atoms with Crippen LogP contribution in [0.5, 0.6) is 0 Å². The number of rotatable bonds is 4. The fraction of sp³-hybridized carbons (Fsp3) is 0.800. The molecule has 1 unspecified atom stereocenters. The van der Waals surface area contributed by atoms with E-state index in [1.165, 1.54) is 0 Å². The van der Waals surface area contributed by atoms with Crippen LogP contribution in [-0.4, -0.2) is 36.1 Å². The first-order chi connectivity index (χ1) is 7.15. The first-order valence-electron chi connectivity index (χ1n) is 5.33. The van der Waals surface area contributed by atoms with Gasteiger partial charge in [-0.15, -0.1) is 0 Å². The van der Waals surface area contributed by atoms with Crippen molar-refractivity contribution in [2.75, 3.05) is 13.2 Å². The number of amides is 2. The van der Waals surface area contributed by atoms with Crippen LogP contribution in [0.2, 0.25) is 0 Å². The van der Waals surface area contributed by atoms with Gasteiger partial charge in [0, 0.05) is 18.4 Å². The van der Waals surface area contributed by atoms with E-state index < -0.39 is 0 Å². The predicted octanol–water partition coefficient (Wildman–Crippen LogP) is -0.846. The lowest BCUT2D eigenvalue weighted by atomic mass is 10.1. The molecule has 1 saturated carbocycles. The van der Waals surface area contributed by atoms with Gasteiger partial charge in [0.25, 0.3) is 0 Å². The van der Waals surface area contributed by atoms with Gasteiger partial charge in [0.05, 0.1) is 6.61 Å². The predicted molar refractivity (Wildman–Crippen MR) is 52.9 cm³/mol. The molecule has 0 bridgehead atoms. The first-order valence-corrected chi connectivity index (χ1v) is 5.33. The minimum absolute atomic E-state index is 0.0570. The summed E-state index contributed by atoms with van der Waals surface area (Å²) >= 11 is 0. The van der Waals surface area contributed by atoms with Crippen molar-refractivity contribution in [2.24, 2.45) is 5.41 Å². The minimum Gasteiger partial charge on any atom is -0.396 e. The number of aliphatic hydroxyl groups is 1. The van der Waals surface area contributed by atoms with E-state index in [0.717, 1.165) is 12.8 Å². The van der Waals surface area contributed by atoms with E-state index in [4.69, 9.17) is 5.11 Å². The second kappa shape index (κ2) is 3.81. The van der Waals surface area contributed by atoms with Gasteiger partial charge >= 0.3 is 0 Å². The van der Waals surface area contributed by atoms with E-state index in [1.54, 1.807) is 0 Å². The second-order valence-corrected chi connectivity index (χ2v) is 4.53. The zero-order valence-electron chi connectivity index (χ0n) is 8.58. The third kappa shape index (κ3) is 2.28. The molecule has 2 aliphatic rings. The van der Waals surface area contributed by atoms with E-state index in [1.807, 2.05) is 0 Å². The van der Waals surface area contributed by atoms with E-state index in [9.17, 15) is 9.59 Å². The Hall–Kier alpha value is -1.10. The van der Waals surface area contributed by atoms with Crippen molar-refractivity contribution < 1.29 is 14.7 Å². The van der Waals surface area contributed by atoms with Crippen molar-refractivity contribution in [3.05, 3.63) is 0 Å². The number of hydrogen-bond donors (Lipinski definition) is 3. The third-order valence-corrected chi connectivity index (χ3v) is 3.24. The standard InChI is InChI=1S/C10H16N2O3/c13-6-10(3-4-10)5-11-9(15)7-1-2-8(14)12-7/h7,13H,1-6H2,(H,11,15)(H,12,14). The van der Waals surface area contributed by atoms with E-state index >= 15 is 0 Å². The maximum absolute atomic E-state index is 11.6. The molecule has 1 heterocycles. The molecule has 1 aliphatic carbocycles. The highest BCUT2D eigenvalue weighted by Gasteiger charge is 2.42. The maximum atomic E-state index is 11.6. The van der Waals surface area contributed by atoms with Gasteiger partial charge in [-0.1, -0.05) is 0 Å². The van der Waals surface area contributed by atoms with Gasteiger partial charge in [-0.05, 0) is 19.3 Å². The van der Waals surface area contributed by atoms with Crippen molar-refractivity contribution in [1.82, 2.24) is 10.6 Å². The highest BCUT2D eigenvalue weighted by molar-refractivity contribution is 5.90. The van der Waals surface area contributed by atoms with Crippen molar-refractivity contribution in [3.63, 3.8) is 0 Å². The SMILES string of the molecule is O=C1CCC(C(=O)NCC2(CO)CC2)N1. The molecule has 2 fully saturated rings. The first kappa shape index (κ1) is 10.4. The normalized spacial score (nSPS) is 27.3. The summed E-state index contributed by atoms with van der Waals surface area (Å²) in [5.41, 5.74) is -0.0712. The van der Waals surface area contributed by atoms with Gasteiger partial charge in [0.2, 0.25) is 11.8 Å². The minimum atomic E-state index is -0.369. The average molecular weight is 212 g/mol. The Morgan fingerprint density at radius 3 is 2.80 bits per heavy atom. The van der Waals surface area contributed by atoms with Gasteiger partial charge in [0.15, 0.2) is 0 Å². The molecule has 2 rings (SSSR count). The molecule has 3 N–H and O–H groups in total. The Labute approximate surface area is 88.2 Å². The lowest BCUT2D eigenvalue weighted by Crippen LogP contribution is -2.44. The number of carbonyl (C=O) groups excluding carboxylic acids is 2. The van der Waals surface area contributed by atoms with E-state index in [0.29, 0.717) is 19.4 Å². The summed E-state index contributed by atoms with van der Waals surface area (Å²) < 4.78 is 0. The Morgan fingerprint density at radius 1 is 1.60 bits per heavy atom. The largest absolute Gasteiger partial charge is 0.396 e. The molecule has 0 aromatic rings. The van der Waals surface area contributed by atoms with Crippen LogP contribution >= 0.6 is 0 Å². The molecule has 2 amide bonds. The van der Waals surface area contributed by atoms with Crippen LogP contribution in [-0.2, 0) is 9.59 Å². The van der Waals surface area contributed by atoms with Crippen molar-refractivity contribution in [1.29, 1.82) is 0 Å². The number of nitrogens with one attached hydrogen (secondary N) is 2. The second-order valence-electron chi connectivity index (χ2n) is 4.53. The summed E-state index contributed by atoms with van der Waals surface area (Å²) in [6, 6.07) is -0.369. The molecule has 0 radical (unpaired) electrons. The van der Waals surface area contributed by atoms with E-state index in [-0.39, 0.29) is 29.9 Å². The number of hydrogen-bond acceptors (Lipinski definition) is 3. The fourth-order valence-corrected chi connectivity index (χ4v) is 1.78. The Bertz CT molecular complexity index is 286. The molecule has 1 saturated heterocycles. The molecule has 15 heavy (non-hydrogen) atoms. The molecule has 5 heteroatoms. The third-order valence-electron chi connectivity index (χ3n) is 3.24. The summed E-state index contributed by atoms with van der Waals surface area (Å²) in [7, 11) is 0. The fourth-order valence-electron chi connectivity index (χ4n) is 1.78. The maximum Gasteiger partial charge on any atom is 0.242 e. The highest BCUT2D eigenvalue weighted by Crippen LogP contribution is 2.44. The lowest BCUT2D eigenvalue weighted by molar-refractivity contribution is -0.126. The van der Waals surface area contributed by atoms with Gasteiger partial charge in [0.1, 0.15) is 6.04 Å². The smallest absolute Gasteiger partial charge is 0.242 e. The van der Waals surface area contributed by atoms with Crippen LogP contribution in [0.25, 0.3) is 0 Å². The molecule has 0 spiro atoms. The Morgan fingerprint density at radius 2 is 2.33 bits per heavy atom. The van der Waals surface area contributed by atoms with Crippen LogP contribution in [0.3, 0.4) is 0 Å². The molecule has 0 aromatic heterocycles. The Balaban J connectivity index is 1.75. The van der Waals surface area contributed by atoms with Crippen LogP contribution < -0.4 is 10.6 Å². The lowest BCUT2D eigenvalue weighted by Gasteiger charge is -2.15. The van der Waals surface area contributed by atoms with Crippen molar-refractivity contribution >= 4 is 11.8 Å². The van der Waals surface area contributed by atoms with Crippen LogP contribution in [0.15, 0.2) is 0 Å². The van der Waals surface area contributed by atoms with Gasteiger partial charge < -0.3 is 15.7 Å². The number of aliphatic hydroxyl groups excluding tert-OH is 1. The van der Waals surface area contributed by atoms with Crippen molar-refractivity contribution in [3.8, 4) is 0 Å². The average Bonchev–Trinajstić information content (AvgIpc) is 2.90. The molecule has 5 nitrogen and oxygen atoms in total. The summed E-state index contributed by atoms with van der Waals surface area (Å²) in [4.78, 5) is 22.5. The highest BCUT2D eigenvalue weighted by atomic mass is 16.3. The molecule has 84 valence electrons. The van der Waals surface area contributed by atoms with Gasteiger partial charge in [-0.25, -0.2) is 0 Å². The quantitative estimate of drug-likeness (QED) is 0.568. The Kier molecular flexibility index (Phi) is 2.65. The van der Waals surface area contributed by atoms with E-state index in [2.05, 4.69) is 10.6 Å². The topological polar surface area (TPSA) is 78.4 Å². The summed E-state index contributed by atoms with van der Waals surface area (Å²) in [5.74, 6) is -0.181. The van der Waals surface area contributed by atoms with Gasteiger partial charge in [-0.2, -0.15) is 0 Å². The number of carbonyl (C=O) groups is 2. The molecule has 1 aliphatic heterocycles. The zero-order valence-corrected chi connectivity index (χ0v) is 8.58. The summed E-state index contributed by atoms with van der Waals surface area (Å²) in [6.45, 7) is 0.652. The van der Waals surface area contributed by atoms with Crippen LogP contribution in [0.4, 0.5) is 0 Å². The van der Waals surface area contributed by atoms with Gasteiger partial charge in [-0.3, -0.25) is 9.59 Å². The van der Waals surface area contributed by atoms with Crippen LogP contribution in [0, 0.1) is 5.41 Å². The van der Waals surface area contributed by atoms with Crippen LogP contribution in [0.1, 0.15) is 25.7 Å². The summed E-state index contributed by atoms with van der Waals surface area (Å²) in [5, 5.41) is 14.5. The monoisotopic (exact) mass is 212 g/mol. The molecule has 0 aromatic carbocycles. The van der Waals surface area contributed by atoms with Crippen molar-refractivity contribution in [2.45, 2.75) is 31.7 Å². The molecule has 1 atom stereocenters.